The van der Waals surface area contributed by atoms with Crippen LogP contribution in [0.1, 0.15) is 40.5 Å². The predicted molar refractivity (Wildman–Crippen MR) is 117 cm³/mol. The number of halogens is 3. The molecule has 2 aromatic heterocycles. The fourth-order valence-electron chi connectivity index (χ4n) is 4.79. The van der Waals surface area contributed by atoms with Crippen LogP contribution < -0.4 is 4.90 Å². The quantitative estimate of drug-likeness (QED) is 0.628. The van der Waals surface area contributed by atoms with Gasteiger partial charge in [-0.25, -0.2) is 4.98 Å². The molecule has 1 amide bonds. The van der Waals surface area contributed by atoms with Gasteiger partial charge in [0.1, 0.15) is 5.82 Å². The number of aromatic nitrogens is 2. The molecule has 5 nitrogen and oxygen atoms in total. The first kappa shape index (κ1) is 20.8. The van der Waals surface area contributed by atoms with Crippen LogP contribution in [0.2, 0.25) is 0 Å². The maximum Gasteiger partial charge on any atom is 0.417 e. The van der Waals surface area contributed by atoms with Gasteiger partial charge in [0.05, 0.1) is 5.56 Å². The highest BCUT2D eigenvalue weighted by Gasteiger charge is 2.31. The van der Waals surface area contributed by atoms with E-state index in [0.29, 0.717) is 43.5 Å². The molecule has 0 spiro atoms. The minimum absolute atomic E-state index is 0.00858. The van der Waals surface area contributed by atoms with Gasteiger partial charge in [-0.1, -0.05) is 6.92 Å². The van der Waals surface area contributed by atoms with E-state index in [9.17, 15) is 18.0 Å². The summed E-state index contributed by atoms with van der Waals surface area (Å²) in [5.41, 5.74) is 3.64. The Bertz CT molecular complexity index is 1140. The molecule has 2 aliphatic rings. The van der Waals surface area contributed by atoms with Crippen molar-refractivity contribution < 1.29 is 18.0 Å². The SMILES string of the molecule is CC1CCc2[nH]c3ccc(C(=O)N4CCN(c5ccc(C(F)(F)F)cn5)CC4)cc3c2C1. The molecule has 1 aliphatic heterocycles. The number of H-pyrrole nitrogens is 1. The highest BCUT2D eigenvalue weighted by atomic mass is 19.4. The molecular weight excluding hydrogens is 417 g/mol. The van der Waals surface area contributed by atoms with Crippen LogP contribution >= 0.6 is 0 Å². The van der Waals surface area contributed by atoms with Crippen molar-refractivity contribution in [1.29, 1.82) is 0 Å². The molecule has 1 aromatic carbocycles. The number of fused-ring (bicyclic) bond motifs is 3. The summed E-state index contributed by atoms with van der Waals surface area (Å²) in [6, 6.07) is 8.32. The van der Waals surface area contributed by atoms with Crippen LogP contribution in [0.3, 0.4) is 0 Å². The van der Waals surface area contributed by atoms with Gasteiger partial charge in [-0.15, -0.1) is 0 Å². The number of nitrogens with zero attached hydrogens (tertiary/aromatic N) is 3. The van der Waals surface area contributed by atoms with Crippen molar-refractivity contribution in [2.45, 2.75) is 32.4 Å². The average molecular weight is 442 g/mol. The summed E-state index contributed by atoms with van der Waals surface area (Å²) in [7, 11) is 0. The van der Waals surface area contributed by atoms with Crippen molar-refractivity contribution in [3.63, 3.8) is 0 Å². The minimum Gasteiger partial charge on any atom is -0.358 e. The summed E-state index contributed by atoms with van der Waals surface area (Å²) in [5, 5.41) is 1.14. The predicted octanol–water partition coefficient (Wildman–Crippen LogP) is 4.67. The zero-order valence-corrected chi connectivity index (χ0v) is 17.9. The highest BCUT2D eigenvalue weighted by Crippen LogP contribution is 2.33. The van der Waals surface area contributed by atoms with Crippen LogP contribution in [-0.4, -0.2) is 47.0 Å². The molecule has 1 saturated heterocycles. The number of alkyl halides is 3. The molecule has 1 unspecified atom stereocenters. The molecule has 168 valence electrons. The van der Waals surface area contributed by atoms with E-state index in [2.05, 4.69) is 16.9 Å². The standard InChI is InChI=1S/C24H25F3N4O/c1-15-2-5-20-18(12-15)19-13-16(3-6-21(19)29-20)23(32)31-10-8-30(9-11-31)22-7-4-17(14-28-22)24(25,26)27/h3-4,6-7,13-15,29H,2,5,8-12H2,1H3. The summed E-state index contributed by atoms with van der Waals surface area (Å²) in [4.78, 5) is 24.4. The third kappa shape index (κ3) is 3.82. The number of benzene rings is 1. The van der Waals surface area contributed by atoms with Crippen LogP contribution in [0.4, 0.5) is 19.0 Å². The van der Waals surface area contributed by atoms with E-state index in [1.165, 1.54) is 23.7 Å². The van der Waals surface area contributed by atoms with Gasteiger partial charge in [0.2, 0.25) is 0 Å². The number of rotatable bonds is 2. The number of amides is 1. The third-order valence-electron chi connectivity index (χ3n) is 6.65. The number of anilines is 1. The van der Waals surface area contributed by atoms with Gasteiger partial charge in [-0.3, -0.25) is 4.79 Å². The highest BCUT2D eigenvalue weighted by molar-refractivity contribution is 5.99. The molecular formula is C24H25F3N4O. The van der Waals surface area contributed by atoms with Gasteiger partial charge in [-0.2, -0.15) is 13.2 Å². The molecule has 5 rings (SSSR count). The lowest BCUT2D eigenvalue weighted by Crippen LogP contribution is -2.49. The van der Waals surface area contributed by atoms with E-state index < -0.39 is 11.7 Å². The molecule has 32 heavy (non-hydrogen) atoms. The summed E-state index contributed by atoms with van der Waals surface area (Å²) in [6.07, 6.45) is -0.265. The van der Waals surface area contributed by atoms with Gasteiger partial charge >= 0.3 is 6.18 Å². The first-order chi connectivity index (χ1) is 15.3. The first-order valence-electron chi connectivity index (χ1n) is 11.0. The van der Waals surface area contributed by atoms with Gasteiger partial charge in [0, 0.05) is 54.5 Å². The number of carbonyl (C=O) groups is 1. The Kier molecular flexibility index (Phi) is 5.10. The topological polar surface area (TPSA) is 52.2 Å². The van der Waals surface area contributed by atoms with E-state index in [4.69, 9.17) is 0 Å². The Morgan fingerprint density at radius 2 is 1.91 bits per heavy atom. The smallest absolute Gasteiger partial charge is 0.358 e. The summed E-state index contributed by atoms with van der Waals surface area (Å²) in [5.74, 6) is 1.14. The second-order valence-corrected chi connectivity index (χ2v) is 8.87. The van der Waals surface area contributed by atoms with Gasteiger partial charge in [0.25, 0.3) is 5.91 Å². The number of hydrogen-bond acceptors (Lipinski definition) is 3. The van der Waals surface area contributed by atoms with Crippen LogP contribution in [0.25, 0.3) is 10.9 Å². The molecule has 1 aliphatic carbocycles. The second kappa shape index (κ2) is 7.83. The van der Waals surface area contributed by atoms with E-state index >= 15 is 0 Å². The van der Waals surface area contributed by atoms with E-state index in [1.807, 2.05) is 28.0 Å². The van der Waals surface area contributed by atoms with E-state index in [-0.39, 0.29) is 5.91 Å². The van der Waals surface area contributed by atoms with Crippen LogP contribution in [-0.2, 0) is 19.0 Å². The number of piperazine rings is 1. The molecule has 1 fully saturated rings. The van der Waals surface area contributed by atoms with Crippen LogP contribution in [0.15, 0.2) is 36.5 Å². The molecule has 3 heterocycles. The number of pyridine rings is 1. The summed E-state index contributed by atoms with van der Waals surface area (Å²) < 4.78 is 38.3. The Labute approximate surface area is 184 Å². The number of aryl methyl sites for hydroxylation is 1. The Morgan fingerprint density at radius 1 is 1.12 bits per heavy atom. The number of carbonyl (C=O) groups excluding carboxylic acids is 1. The number of nitrogens with one attached hydrogen (secondary N) is 1. The fourth-order valence-corrected chi connectivity index (χ4v) is 4.79. The molecule has 3 aromatic rings. The van der Waals surface area contributed by atoms with Crippen LogP contribution in [0.5, 0.6) is 0 Å². The first-order valence-corrected chi connectivity index (χ1v) is 11.0. The summed E-state index contributed by atoms with van der Waals surface area (Å²) >= 11 is 0. The zero-order chi connectivity index (χ0) is 22.5. The monoisotopic (exact) mass is 442 g/mol. The Hall–Kier alpha value is -3.03. The van der Waals surface area contributed by atoms with Crippen LogP contribution in [0, 0.1) is 5.92 Å². The van der Waals surface area contributed by atoms with E-state index in [1.54, 1.807) is 0 Å². The van der Waals surface area contributed by atoms with Crippen molar-refractivity contribution in [1.82, 2.24) is 14.9 Å². The second-order valence-electron chi connectivity index (χ2n) is 8.87. The molecule has 0 radical (unpaired) electrons. The molecule has 1 atom stereocenters. The van der Waals surface area contributed by atoms with Crippen molar-refractivity contribution in [2.24, 2.45) is 5.92 Å². The minimum atomic E-state index is -4.39. The van der Waals surface area contributed by atoms with Gasteiger partial charge < -0.3 is 14.8 Å². The molecule has 1 N–H and O–H groups in total. The Morgan fingerprint density at radius 3 is 2.59 bits per heavy atom. The lowest BCUT2D eigenvalue weighted by molar-refractivity contribution is -0.137. The van der Waals surface area contributed by atoms with Crippen molar-refractivity contribution in [3.8, 4) is 0 Å². The lowest BCUT2D eigenvalue weighted by atomic mass is 9.87. The largest absolute Gasteiger partial charge is 0.417 e. The maximum absolute atomic E-state index is 13.2. The molecule has 8 heteroatoms. The van der Waals surface area contributed by atoms with Crippen molar-refractivity contribution in [3.05, 3.63) is 58.9 Å². The molecule has 0 bridgehead atoms. The number of aromatic amines is 1. The summed E-state index contributed by atoms with van der Waals surface area (Å²) in [6.45, 7) is 4.33. The zero-order valence-electron chi connectivity index (χ0n) is 17.9. The maximum atomic E-state index is 13.2. The third-order valence-corrected chi connectivity index (χ3v) is 6.65. The van der Waals surface area contributed by atoms with Crippen molar-refractivity contribution >= 4 is 22.6 Å². The lowest BCUT2D eigenvalue weighted by Gasteiger charge is -2.35. The fraction of sp³-hybridized carbons (Fsp3) is 0.417. The Balaban J connectivity index is 1.28. The average Bonchev–Trinajstić information content (AvgIpc) is 3.15. The van der Waals surface area contributed by atoms with Gasteiger partial charge in [0.15, 0.2) is 0 Å². The van der Waals surface area contributed by atoms with E-state index in [0.717, 1.165) is 36.0 Å². The number of hydrogen-bond donors (Lipinski definition) is 1. The molecule has 0 saturated carbocycles. The van der Waals surface area contributed by atoms with Crippen molar-refractivity contribution in [2.75, 3.05) is 31.1 Å². The van der Waals surface area contributed by atoms with Gasteiger partial charge in [-0.05, 0) is 61.1 Å². The normalized spacial score (nSPS) is 19.3.